The van der Waals surface area contributed by atoms with E-state index in [9.17, 15) is 19.2 Å². The van der Waals surface area contributed by atoms with Crippen LogP contribution in [0, 0.1) is 37.5 Å². The average Bonchev–Trinajstić information content (AvgIpc) is 3.31. The molecule has 2 aromatic rings. The molecule has 0 bridgehead atoms. The van der Waals surface area contributed by atoms with Crippen LogP contribution in [0.5, 0.6) is 5.75 Å². The molecule has 1 aliphatic carbocycles. The Hall–Kier alpha value is -3.48. The molecule has 7 nitrogen and oxygen atoms in total. The third-order valence-electron chi connectivity index (χ3n) is 7.48. The van der Waals surface area contributed by atoms with Gasteiger partial charge < -0.3 is 9.64 Å². The number of benzene rings is 2. The van der Waals surface area contributed by atoms with Crippen LogP contribution in [0.2, 0.25) is 0 Å². The average molecular weight is 475 g/mol. The number of hydrogen-bond donors (Lipinski definition) is 0. The minimum Gasteiger partial charge on any atom is -0.426 e. The van der Waals surface area contributed by atoms with Crippen LogP contribution in [0.4, 0.5) is 11.4 Å². The van der Waals surface area contributed by atoms with Crippen LogP contribution in [0.1, 0.15) is 43.7 Å². The minimum absolute atomic E-state index is 0.0991. The summed E-state index contributed by atoms with van der Waals surface area (Å²) in [6, 6.07) is 12.4. The van der Waals surface area contributed by atoms with Gasteiger partial charge in [0.1, 0.15) is 5.75 Å². The lowest BCUT2D eigenvalue weighted by Crippen LogP contribution is -2.30. The van der Waals surface area contributed by atoms with E-state index in [-0.39, 0.29) is 42.5 Å². The van der Waals surface area contributed by atoms with Crippen molar-refractivity contribution in [3.63, 3.8) is 0 Å². The van der Waals surface area contributed by atoms with Gasteiger partial charge in [-0.1, -0.05) is 13.0 Å². The third kappa shape index (κ3) is 4.35. The van der Waals surface area contributed by atoms with E-state index in [0.717, 1.165) is 36.1 Å². The molecule has 2 aliphatic heterocycles. The number of rotatable bonds is 4. The van der Waals surface area contributed by atoms with E-state index in [0.29, 0.717) is 17.4 Å². The maximum Gasteiger partial charge on any atom is 0.316 e. The molecule has 0 radical (unpaired) electrons. The summed E-state index contributed by atoms with van der Waals surface area (Å²) in [6.45, 7) is 6.35. The molecule has 3 aliphatic rings. The maximum absolute atomic E-state index is 12.9. The Morgan fingerprint density at radius 2 is 1.54 bits per heavy atom. The lowest BCUT2D eigenvalue weighted by atomic mass is 9.76. The van der Waals surface area contributed by atoms with Gasteiger partial charge in [-0.3, -0.25) is 24.1 Å². The summed E-state index contributed by atoms with van der Waals surface area (Å²) in [5.41, 5.74) is 3.41. The molecule has 2 saturated heterocycles. The normalized spacial score (nSPS) is 26.3. The van der Waals surface area contributed by atoms with Gasteiger partial charge in [-0.2, -0.15) is 0 Å². The minimum atomic E-state index is -0.560. The maximum atomic E-state index is 12.9. The molecule has 3 fully saturated rings. The number of imide groups is 1. The van der Waals surface area contributed by atoms with Crippen LogP contribution in [-0.4, -0.2) is 30.2 Å². The summed E-state index contributed by atoms with van der Waals surface area (Å²) in [5, 5.41) is 0. The van der Waals surface area contributed by atoms with Gasteiger partial charge in [-0.05, 0) is 86.6 Å². The Morgan fingerprint density at radius 1 is 0.886 bits per heavy atom. The van der Waals surface area contributed by atoms with E-state index in [1.165, 1.54) is 4.90 Å². The van der Waals surface area contributed by atoms with Crippen LogP contribution in [0.3, 0.4) is 0 Å². The highest BCUT2D eigenvalue weighted by molar-refractivity contribution is 6.22. The van der Waals surface area contributed by atoms with Gasteiger partial charge in [0.15, 0.2) is 0 Å². The number of hydrogen-bond acceptors (Lipinski definition) is 5. The summed E-state index contributed by atoms with van der Waals surface area (Å²) in [5.74, 6) is -1.08. The zero-order valence-electron chi connectivity index (χ0n) is 20.3. The van der Waals surface area contributed by atoms with Crippen LogP contribution in [0.15, 0.2) is 42.5 Å². The molecule has 0 N–H and O–H groups in total. The van der Waals surface area contributed by atoms with Crippen molar-refractivity contribution < 1.29 is 23.9 Å². The van der Waals surface area contributed by atoms with Gasteiger partial charge in [0.2, 0.25) is 17.7 Å². The highest BCUT2D eigenvalue weighted by Crippen LogP contribution is 2.42. The van der Waals surface area contributed by atoms with E-state index < -0.39 is 11.9 Å². The highest BCUT2D eigenvalue weighted by Gasteiger charge is 2.50. The van der Waals surface area contributed by atoms with Crippen molar-refractivity contribution in [3.05, 3.63) is 53.6 Å². The van der Waals surface area contributed by atoms with Crippen molar-refractivity contribution in [2.75, 3.05) is 16.3 Å². The van der Waals surface area contributed by atoms with Crippen molar-refractivity contribution >= 4 is 35.1 Å². The van der Waals surface area contributed by atoms with E-state index in [2.05, 4.69) is 6.92 Å². The van der Waals surface area contributed by atoms with Gasteiger partial charge in [-0.15, -0.1) is 0 Å². The summed E-state index contributed by atoms with van der Waals surface area (Å²) >= 11 is 0. The number of fused-ring (bicyclic) bond motifs is 1. The standard InChI is InChI=1S/C28H30N2O5/c1-16-4-9-23-24(13-16)27(33)30(26(23)32)20-5-7-22(8-6-20)35-28(34)19-14-25(31)29(15-19)21-11-17(2)10-18(3)12-21/h5-8,10-12,16,19,23-24H,4,9,13-15H2,1-3H3/t16-,19-,23+,24+/m1/s1. The van der Waals surface area contributed by atoms with Crippen molar-refractivity contribution in [1.82, 2.24) is 0 Å². The van der Waals surface area contributed by atoms with Gasteiger partial charge >= 0.3 is 5.97 Å². The number of esters is 1. The largest absolute Gasteiger partial charge is 0.426 e. The van der Waals surface area contributed by atoms with Crippen LogP contribution >= 0.6 is 0 Å². The summed E-state index contributed by atoms with van der Waals surface area (Å²) in [6.07, 6.45) is 2.57. The Labute approximate surface area is 205 Å². The SMILES string of the molecule is Cc1cc(C)cc(N2C[C@H](C(=O)Oc3ccc(N4C(=O)[C@H]5CC[C@@H](C)C[C@@H]5C4=O)cc3)CC2=O)c1. The van der Waals surface area contributed by atoms with Gasteiger partial charge in [0.05, 0.1) is 23.4 Å². The van der Waals surface area contributed by atoms with E-state index in [1.807, 2.05) is 32.0 Å². The molecule has 7 heteroatoms. The fraction of sp³-hybridized carbons (Fsp3) is 0.429. The van der Waals surface area contributed by atoms with Crippen LogP contribution < -0.4 is 14.5 Å². The number of carbonyl (C=O) groups is 4. The molecule has 0 unspecified atom stereocenters. The fourth-order valence-electron chi connectivity index (χ4n) is 5.73. The molecule has 35 heavy (non-hydrogen) atoms. The van der Waals surface area contributed by atoms with Gasteiger partial charge in [-0.25, -0.2) is 0 Å². The highest BCUT2D eigenvalue weighted by atomic mass is 16.5. The van der Waals surface area contributed by atoms with Gasteiger partial charge in [0.25, 0.3) is 0 Å². The first-order chi connectivity index (χ1) is 16.7. The lowest BCUT2D eigenvalue weighted by Gasteiger charge is -2.25. The second kappa shape index (κ2) is 8.95. The van der Waals surface area contributed by atoms with Crippen LogP contribution in [0.25, 0.3) is 0 Å². The quantitative estimate of drug-likeness (QED) is 0.377. The third-order valence-corrected chi connectivity index (χ3v) is 7.48. The number of carbonyl (C=O) groups excluding carboxylic acids is 4. The van der Waals surface area contributed by atoms with Gasteiger partial charge in [0, 0.05) is 18.7 Å². The first-order valence-corrected chi connectivity index (χ1v) is 12.3. The number of amides is 3. The molecule has 0 aromatic heterocycles. The Bertz CT molecular complexity index is 1180. The Morgan fingerprint density at radius 3 is 2.23 bits per heavy atom. The van der Waals surface area contributed by atoms with Crippen molar-refractivity contribution in [2.24, 2.45) is 23.7 Å². The second-order valence-corrected chi connectivity index (χ2v) is 10.3. The van der Waals surface area contributed by atoms with Crippen molar-refractivity contribution in [1.29, 1.82) is 0 Å². The molecule has 4 atom stereocenters. The smallest absolute Gasteiger partial charge is 0.316 e. The Kier molecular flexibility index (Phi) is 5.95. The number of nitrogens with zero attached hydrogens (tertiary/aromatic N) is 2. The molecule has 2 heterocycles. The number of anilines is 2. The first kappa shape index (κ1) is 23.3. The van der Waals surface area contributed by atoms with Crippen molar-refractivity contribution in [2.45, 2.75) is 46.5 Å². The predicted octanol–water partition coefficient (Wildman–Crippen LogP) is 4.19. The zero-order valence-corrected chi connectivity index (χ0v) is 20.3. The summed E-state index contributed by atoms with van der Waals surface area (Å²) < 4.78 is 5.55. The molecule has 182 valence electrons. The zero-order chi connectivity index (χ0) is 24.9. The summed E-state index contributed by atoms with van der Waals surface area (Å²) in [4.78, 5) is 54.2. The second-order valence-electron chi connectivity index (χ2n) is 10.3. The fourth-order valence-corrected chi connectivity index (χ4v) is 5.73. The van der Waals surface area contributed by atoms with Crippen LogP contribution in [-0.2, 0) is 19.2 Å². The molecule has 0 spiro atoms. The number of aryl methyl sites for hydroxylation is 2. The molecular weight excluding hydrogens is 444 g/mol. The topological polar surface area (TPSA) is 84.0 Å². The Balaban J connectivity index is 1.25. The van der Waals surface area contributed by atoms with Crippen molar-refractivity contribution in [3.8, 4) is 5.75 Å². The lowest BCUT2D eigenvalue weighted by molar-refractivity contribution is -0.139. The predicted molar refractivity (Wildman–Crippen MR) is 131 cm³/mol. The molecular formula is C28H30N2O5. The molecule has 2 aromatic carbocycles. The number of ether oxygens (including phenoxy) is 1. The van der Waals surface area contributed by atoms with E-state index in [4.69, 9.17) is 4.74 Å². The first-order valence-electron chi connectivity index (χ1n) is 12.3. The van der Waals surface area contributed by atoms with E-state index in [1.54, 1.807) is 29.2 Å². The summed E-state index contributed by atoms with van der Waals surface area (Å²) in [7, 11) is 0. The molecule has 1 saturated carbocycles. The monoisotopic (exact) mass is 474 g/mol. The molecule has 3 amide bonds. The molecule has 5 rings (SSSR count). The van der Waals surface area contributed by atoms with E-state index >= 15 is 0 Å².